The van der Waals surface area contributed by atoms with E-state index in [1.54, 1.807) is 41.7 Å². The van der Waals surface area contributed by atoms with Crippen LogP contribution in [-0.4, -0.2) is 26.9 Å². The van der Waals surface area contributed by atoms with E-state index < -0.39 is 5.97 Å². The van der Waals surface area contributed by atoms with E-state index in [4.69, 9.17) is 10.1 Å². The monoisotopic (exact) mass is 438 g/mol. The fourth-order valence-electron chi connectivity index (χ4n) is 3.23. The molecule has 0 fully saturated rings. The number of carboxylic acid groups (broad SMARTS) is 1. The van der Waals surface area contributed by atoms with Crippen LogP contribution in [0.15, 0.2) is 54.1 Å². The summed E-state index contributed by atoms with van der Waals surface area (Å²) in [4.78, 5) is 26.0. The zero-order valence-corrected chi connectivity index (χ0v) is 19.2. The summed E-state index contributed by atoms with van der Waals surface area (Å²) in [5.74, 6) is -0.879. The van der Waals surface area contributed by atoms with E-state index in [2.05, 4.69) is 11.5 Å². The molecule has 2 aromatic heterocycles. The van der Waals surface area contributed by atoms with Gasteiger partial charge in [-0.3, -0.25) is 4.79 Å². The first-order chi connectivity index (χ1) is 15.1. The van der Waals surface area contributed by atoms with E-state index >= 15 is 0 Å². The van der Waals surface area contributed by atoms with Gasteiger partial charge >= 0.3 is 5.97 Å². The summed E-state index contributed by atoms with van der Waals surface area (Å²) >= 11 is 1.71. The normalized spacial score (nSPS) is 12.5. The summed E-state index contributed by atoms with van der Waals surface area (Å²) in [5.41, 5.74) is 4.59. The number of aldehydes is 1. The minimum atomic E-state index is -0.879. The van der Waals surface area contributed by atoms with Gasteiger partial charge in [0.1, 0.15) is 5.01 Å². The molecule has 0 amide bonds. The predicted octanol–water partition coefficient (Wildman–Crippen LogP) is 6.48. The lowest BCUT2D eigenvalue weighted by molar-refractivity contribution is 0.0696. The van der Waals surface area contributed by atoms with Crippen LogP contribution in [0.5, 0.6) is 0 Å². The lowest BCUT2D eigenvalue weighted by Crippen LogP contribution is -2.02. The van der Waals surface area contributed by atoms with Crippen LogP contribution >= 0.6 is 11.3 Å². The molecule has 1 N–H and O–H groups in total. The Morgan fingerprint density at radius 1 is 1.23 bits per heavy atom. The molecule has 2 heterocycles. The molecule has 1 aromatic carbocycles. The molecule has 0 aliphatic heterocycles. The number of hydrogen-bond donors (Lipinski definition) is 1. The van der Waals surface area contributed by atoms with E-state index in [-0.39, 0.29) is 0 Å². The topological polar surface area (TPSA) is 72.2 Å². The Morgan fingerprint density at radius 2 is 1.97 bits per heavy atom. The minimum absolute atomic E-state index is 0.331. The molecule has 31 heavy (non-hydrogen) atoms. The van der Waals surface area contributed by atoms with Gasteiger partial charge in [0.2, 0.25) is 0 Å². The van der Waals surface area contributed by atoms with E-state index in [0.29, 0.717) is 17.8 Å². The molecular weight excluding hydrogens is 408 g/mol. The molecule has 0 atom stereocenters. The van der Waals surface area contributed by atoms with Gasteiger partial charge in [-0.05, 0) is 61.9 Å². The highest BCUT2D eigenvalue weighted by Crippen LogP contribution is 2.29. The molecule has 3 aromatic rings. The summed E-state index contributed by atoms with van der Waals surface area (Å²) < 4.78 is 1.97. The van der Waals surface area contributed by atoms with Crippen LogP contribution < -0.4 is 0 Å². The van der Waals surface area contributed by atoms with Crippen molar-refractivity contribution < 1.29 is 14.7 Å². The van der Waals surface area contributed by atoms with Gasteiger partial charge in [-0.1, -0.05) is 38.1 Å². The molecule has 0 radical (unpaired) electrons. The Morgan fingerprint density at radius 3 is 2.55 bits per heavy atom. The fraction of sp³-hybridized carbons (Fsp3) is 0.320. The summed E-state index contributed by atoms with van der Waals surface area (Å²) in [5, 5.41) is 11.6. The van der Waals surface area contributed by atoms with E-state index in [0.717, 1.165) is 29.0 Å². The predicted molar refractivity (Wildman–Crippen MR) is 127 cm³/mol. The fourth-order valence-corrected chi connectivity index (χ4v) is 4.11. The molecule has 5 nitrogen and oxygen atoms in total. The van der Waals surface area contributed by atoms with Crippen molar-refractivity contribution in [2.24, 2.45) is 0 Å². The quantitative estimate of drug-likeness (QED) is 0.463. The molecule has 0 saturated carbocycles. The van der Waals surface area contributed by atoms with Crippen molar-refractivity contribution >= 4 is 29.2 Å². The van der Waals surface area contributed by atoms with Crippen LogP contribution in [0.2, 0.25) is 0 Å². The number of thiazole rings is 1. The number of carbonyl (C=O) groups excluding carboxylic acids is 1. The molecule has 4 rings (SSSR count). The third-order valence-electron chi connectivity index (χ3n) is 4.66. The van der Waals surface area contributed by atoms with Gasteiger partial charge in [-0.2, -0.15) is 0 Å². The third kappa shape index (κ3) is 7.33. The first kappa shape index (κ1) is 24.3. The van der Waals surface area contributed by atoms with Crippen molar-refractivity contribution in [3.63, 3.8) is 0 Å². The molecule has 6 heteroatoms. The van der Waals surface area contributed by atoms with Crippen molar-refractivity contribution in [3.8, 4) is 0 Å². The van der Waals surface area contributed by atoms with E-state index in [1.165, 1.54) is 24.8 Å². The van der Waals surface area contributed by atoms with E-state index in [1.807, 2.05) is 37.6 Å². The highest BCUT2D eigenvalue weighted by atomic mass is 32.1. The summed E-state index contributed by atoms with van der Waals surface area (Å²) in [6, 6.07) is 10.2. The number of carbonyl (C=O) groups is 2. The van der Waals surface area contributed by atoms with Crippen molar-refractivity contribution in [1.29, 1.82) is 0 Å². The maximum atomic E-state index is 11.0. The van der Waals surface area contributed by atoms with Crippen molar-refractivity contribution in [2.75, 3.05) is 0 Å². The average Bonchev–Trinajstić information content (AvgIpc) is 3.43. The summed E-state index contributed by atoms with van der Waals surface area (Å²) in [7, 11) is 0. The van der Waals surface area contributed by atoms with Gasteiger partial charge in [0.25, 0.3) is 0 Å². The van der Waals surface area contributed by atoms with Crippen molar-refractivity contribution in [1.82, 2.24) is 9.55 Å². The van der Waals surface area contributed by atoms with Crippen molar-refractivity contribution in [3.05, 3.63) is 81.6 Å². The van der Waals surface area contributed by atoms with Crippen LogP contribution in [0.4, 0.5) is 0 Å². The first-order valence-electron chi connectivity index (χ1n) is 10.6. The molecule has 0 saturated heterocycles. The number of rotatable bonds is 5. The molecule has 1 aliphatic rings. The standard InChI is InChI=1S/C16H18N2OS.C7H6O2.C2H6/c1-12-7-15(10-19)18(8-12)9-14-11-20-16(17-14)13-5-3-2-4-6-13;8-7(9)6-4-2-1-3-5-6;1-2/h5,7-8,10-11H,2-4,6,9H2,1H3;1-5H,(H,8,9);1-2H3. The second-order valence-corrected chi connectivity index (χ2v) is 7.84. The largest absolute Gasteiger partial charge is 0.478 e. The van der Waals surface area contributed by atoms with Crippen LogP contribution in [0.25, 0.3) is 5.57 Å². The Balaban J connectivity index is 0.000000261. The number of carboxylic acids is 1. The van der Waals surface area contributed by atoms with Gasteiger partial charge in [-0.25, -0.2) is 9.78 Å². The molecule has 1 aliphatic carbocycles. The number of benzene rings is 1. The molecular formula is C25H30N2O3S. The second-order valence-electron chi connectivity index (χ2n) is 6.98. The Hall–Kier alpha value is -2.99. The molecule has 0 bridgehead atoms. The number of nitrogens with zero attached hydrogens (tertiary/aromatic N) is 2. The van der Waals surface area contributed by atoms with Gasteiger partial charge in [0.05, 0.1) is 23.5 Å². The van der Waals surface area contributed by atoms with Crippen LogP contribution in [0.3, 0.4) is 0 Å². The number of aromatic carboxylic acids is 1. The van der Waals surface area contributed by atoms with Gasteiger partial charge in [0, 0.05) is 11.6 Å². The molecule has 164 valence electrons. The number of aromatic nitrogens is 2. The second kappa shape index (κ2) is 12.6. The first-order valence-corrected chi connectivity index (χ1v) is 11.5. The Kier molecular flexibility index (Phi) is 9.91. The van der Waals surface area contributed by atoms with Crippen LogP contribution in [-0.2, 0) is 6.54 Å². The maximum absolute atomic E-state index is 11.0. The zero-order valence-electron chi connectivity index (χ0n) is 18.4. The maximum Gasteiger partial charge on any atom is 0.335 e. The Bertz CT molecular complexity index is 1000. The minimum Gasteiger partial charge on any atom is -0.478 e. The number of allylic oxidation sites excluding steroid dienone is 2. The number of hydrogen-bond acceptors (Lipinski definition) is 4. The van der Waals surface area contributed by atoms with Crippen molar-refractivity contribution in [2.45, 2.75) is 53.0 Å². The van der Waals surface area contributed by atoms with Gasteiger partial charge in [0.15, 0.2) is 6.29 Å². The smallest absolute Gasteiger partial charge is 0.335 e. The molecule has 0 spiro atoms. The third-order valence-corrected chi connectivity index (χ3v) is 5.62. The van der Waals surface area contributed by atoms with E-state index in [9.17, 15) is 9.59 Å². The lowest BCUT2D eigenvalue weighted by atomic mass is 10.0. The van der Waals surface area contributed by atoms with Crippen LogP contribution in [0.1, 0.15) is 76.6 Å². The summed E-state index contributed by atoms with van der Waals surface area (Å²) in [6.07, 6.45) is 10.1. The zero-order chi connectivity index (χ0) is 22.6. The highest BCUT2D eigenvalue weighted by molar-refractivity contribution is 7.10. The van der Waals surface area contributed by atoms with Crippen LogP contribution in [0, 0.1) is 6.92 Å². The highest BCUT2D eigenvalue weighted by Gasteiger charge is 2.11. The average molecular weight is 439 g/mol. The number of aryl methyl sites for hydroxylation is 1. The van der Waals surface area contributed by atoms with Gasteiger partial charge < -0.3 is 9.67 Å². The van der Waals surface area contributed by atoms with Gasteiger partial charge in [-0.15, -0.1) is 11.3 Å². The lowest BCUT2D eigenvalue weighted by Gasteiger charge is -2.09. The SMILES string of the molecule is CC.Cc1cc(C=O)n(Cc2csc(C3=CCCCC3)n2)c1.O=C(O)c1ccccc1. The summed E-state index contributed by atoms with van der Waals surface area (Å²) in [6.45, 7) is 6.68. The Labute approximate surface area is 188 Å². The molecule has 0 unspecified atom stereocenters.